The predicted octanol–water partition coefficient (Wildman–Crippen LogP) is 1.28. The van der Waals surface area contributed by atoms with Gasteiger partial charge < -0.3 is 9.80 Å². The molecule has 2 aliphatic rings. The van der Waals surface area contributed by atoms with Crippen LogP contribution in [-0.4, -0.2) is 78.0 Å². The Labute approximate surface area is 166 Å². The summed E-state index contributed by atoms with van der Waals surface area (Å²) in [6.45, 7) is 3.21. The van der Waals surface area contributed by atoms with Gasteiger partial charge in [-0.3, -0.25) is 14.3 Å². The third-order valence-electron chi connectivity index (χ3n) is 5.37. The summed E-state index contributed by atoms with van der Waals surface area (Å²) in [5.74, 6) is -3.72. The molecule has 0 saturated carbocycles. The molecule has 29 heavy (non-hydrogen) atoms. The van der Waals surface area contributed by atoms with Crippen LogP contribution in [0.5, 0.6) is 0 Å². The number of carbonyl (C=O) groups excluding carboxylic acids is 2. The molecule has 4 rings (SSSR count). The molecule has 11 heteroatoms. The van der Waals surface area contributed by atoms with Gasteiger partial charge in [0.15, 0.2) is 5.69 Å². The van der Waals surface area contributed by atoms with Crippen LogP contribution in [0.15, 0.2) is 18.5 Å². The number of nitrogens with zero attached hydrogens (tertiary/aromatic N) is 7. The smallest absolute Gasteiger partial charge is 0.276 e. The van der Waals surface area contributed by atoms with Crippen molar-refractivity contribution in [2.75, 3.05) is 19.6 Å². The number of alkyl halides is 2. The van der Waals surface area contributed by atoms with E-state index in [-0.39, 0.29) is 23.8 Å². The van der Waals surface area contributed by atoms with Crippen LogP contribution in [0.4, 0.5) is 8.78 Å². The highest BCUT2D eigenvalue weighted by atomic mass is 19.3. The van der Waals surface area contributed by atoms with Crippen molar-refractivity contribution in [3.8, 4) is 0 Å². The van der Waals surface area contributed by atoms with Gasteiger partial charge in [0.1, 0.15) is 5.69 Å². The minimum Gasteiger partial charge on any atom is -0.337 e. The Morgan fingerprint density at radius 1 is 1.17 bits per heavy atom. The van der Waals surface area contributed by atoms with Crippen molar-refractivity contribution >= 4 is 11.8 Å². The van der Waals surface area contributed by atoms with Crippen LogP contribution in [0.25, 0.3) is 0 Å². The molecular weight excluding hydrogens is 384 g/mol. The van der Waals surface area contributed by atoms with Crippen LogP contribution in [0, 0.1) is 0 Å². The quantitative estimate of drug-likeness (QED) is 0.745. The average molecular weight is 407 g/mol. The van der Waals surface area contributed by atoms with E-state index in [0.717, 1.165) is 17.7 Å². The molecule has 0 bridgehead atoms. The van der Waals surface area contributed by atoms with E-state index in [1.54, 1.807) is 15.8 Å². The number of aryl methyl sites for hydroxylation is 1. The van der Waals surface area contributed by atoms with E-state index in [0.29, 0.717) is 19.6 Å². The Kier molecular flexibility index (Phi) is 5.05. The summed E-state index contributed by atoms with van der Waals surface area (Å²) >= 11 is 0. The Balaban J connectivity index is 1.48. The summed E-state index contributed by atoms with van der Waals surface area (Å²) < 4.78 is 31.1. The van der Waals surface area contributed by atoms with E-state index < -0.39 is 30.8 Å². The lowest BCUT2D eigenvalue weighted by atomic mass is 10.2. The van der Waals surface area contributed by atoms with Crippen molar-refractivity contribution in [2.24, 2.45) is 0 Å². The molecule has 0 N–H and O–H groups in total. The van der Waals surface area contributed by atoms with E-state index >= 15 is 0 Å². The zero-order valence-electron chi connectivity index (χ0n) is 16.2. The molecule has 2 fully saturated rings. The van der Waals surface area contributed by atoms with Crippen molar-refractivity contribution in [3.05, 3.63) is 29.8 Å². The number of hydrogen-bond acceptors (Lipinski definition) is 5. The second-order valence-electron chi connectivity index (χ2n) is 7.53. The first-order chi connectivity index (χ1) is 13.9. The van der Waals surface area contributed by atoms with Crippen LogP contribution in [0.3, 0.4) is 0 Å². The van der Waals surface area contributed by atoms with Gasteiger partial charge in [-0.1, -0.05) is 5.21 Å². The van der Waals surface area contributed by atoms with Crippen LogP contribution >= 0.6 is 0 Å². The molecule has 2 saturated heterocycles. The molecule has 4 heterocycles. The molecular formula is C18H23F2N7O2. The third kappa shape index (κ3) is 3.99. The largest absolute Gasteiger partial charge is 0.337 e. The van der Waals surface area contributed by atoms with Crippen LogP contribution in [0.2, 0.25) is 0 Å². The minimum absolute atomic E-state index is 0.0378. The summed E-state index contributed by atoms with van der Waals surface area (Å²) in [6.07, 6.45) is 4.56. The number of aromatic nitrogens is 5. The molecule has 2 aromatic heterocycles. The highest BCUT2D eigenvalue weighted by Crippen LogP contribution is 2.33. The molecule has 9 nitrogen and oxygen atoms in total. The first-order valence-electron chi connectivity index (χ1n) is 9.78. The van der Waals surface area contributed by atoms with Crippen molar-refractivity contribution in [3.63, 3.8) is 0 Å². The monoisotopic (exact) mass is 407 g/mol. The van der Waals surface area contributed by atoms with Gasteiger partial charge in [-0.2, -0.15) is 5.10 Å². The normalized spacial score (nSPS) is 21.1. The number of carbonyl (C=O) groups is 2. The summed E-state index contributed by atoms with van der Waals surface area (Å²) in [6, 6.07) is 0.766. The third-order valence-corrected chi connectivity index (χ3v) is 5.37. The van der Waals surface area contributed by atoms with Crippen LogP contribution in [-0.2, 0) is 13.1 Å². The highest BCUT2D eigenvalue weighted by molar-refractivity contribution is 5.93. The zero-order valence-corrected chi connectivity index (χ0v) is 16.2. The second kappa shape index (κ2) is 7.53. The van der Waals surface area contributed by atoms with Crippen LogP contribution < -0.4 is 0 Å². The van der Waals surface area contributed by atoms with Gasteiger partial charge in [-0.05, 0) is 25.8 Å². The standard InChI is InChI=1S/C18H23F2N7O2/c1-2-25-8-5-14(22-25)17(29)27-12-18(19,20)9-13(27)10-26-11-15(21-23-26)16(28)24-6-3-4-7-24/h5,8,11,13H,2-4,6-7,9-10,12H2,1H3/t13-/m0/s1. The maximum atomic E-state index is 14.1. The molecule has 0 aliphatic carbocycles. The summed E-state index contributed by atoms with van der Waals surface area (Å²) in [7, 11) is 0. The minimum atomic E-state index is -2.98. The Morgan fingerprint density at radius 3 is 2.62 bits per heavy atom. The fourth-order valence-corrected chi connectivity index (χ4v) is 3.88. The van der Waals surface area contributed by atoms with Gasteiger partial charge >= 0.3 is 0 Å². The van der Waals surface area contributed by atoms with Crippen molar-refractivity contribution in [1.82, 2.24) is 34.6 Å². The number of amides is 2. The van der Waals surface area contributed by atoms with E-state index in [2.05, 4.69) is 15.4 Å². The zero-order chi connectivity index (χ0) is 20.6. The van der Waals surface area contributed by atoms with Gasteiger partial charge in [0.25, 0.3) is 17.7 Å². The van der Waals surface area contributed by atoms with Gasteiger partial charge in [-0.15, -0.1) is 5.10 Å². The van der Waals surface area contributed by atoms with Crippen molar-refractivity contribution < 1.29 is 18.4 Å². The molecule has 2 aliphatic heterocycles. The second-order valence-corrected chi connectivity index (χ2v) is 7.53. The summed E-state index contributed by atoms with van der Waals surface area (Å²) in [4.78, 5) is 28.0. The summed E-state index contributed by atoms with van der Waals surface area (Å²) in [5, 5.41) is 11.9. The van der Waals surface area contributed by atoms with Crippen molar-refractivity contribution in [2.45, 2.75) is 51.2 Å². The molecule has 0 aromatic carbocycles. The lowest BCUT2D eigenvalue weighted by molar-refractivity contribution is 0.0116. The highest BCUT2D eigenvalue weighted by Gasteiger charge is 2.47. The number of halogens is 2. The maximum Gasteiger partial charge on any atom is 0.276 e. The van der Waals surface area contributed by atoms with Gasteiger partial charge in [0.2, 0.25) is 0 Å². The van der Waals surface area contributed by atoms with E-state index in [1.165, 1.54) is 16.9 Å². The Hall–Kier alpha value is -2.85. The van der Waals surface area contributed by atoms with Gasteiger partial charge in [0, 0.05) is 32.3 Å². The van der Waals surface area contributed by atoms with E-state index in [4.69, 9.17) is 0 Å². The first-order valence-corrected chi connectivity index (χ1v) is 9.78. The molecule has 2 amide bonds. The number of likely N-dealkylation sites (tertiary alicyclic amines) is 2. The SMILES string of the molecule is CCn1ccc(C(=O)N2CC(F)(F)C[C@H]2Cn2cc(C(=O)N3CCCC3)nn2)n1. The molecule has 2 aromatic rings. The van der Waals surface area contributed by atoms with Gasteiger partial charge in [-0.25, -0.2) is 13.5 Å². The fraction of sp³-hybridized carbons (Fsp3) is 0.611. The number of rotatable bonds is 5. The average Bonchev–Trinajstić information content (AvgIpc) is 3.47. The Morgan fingerprint density at radius 2 is 1.93 bits per heavy atom. The molecule has 156 valence electrons. The number of hydrogen-bond donors (Lipinski definition) is 0. The fourth-order valence-electron chi connectivity index (χ4n) is 3.88. The van der Waals surface area contributed by atoms with E-state index in [9.17, 15) is 18.4 Å². The van der Waals surface area contributed by atoms with Crippen molar-refractivity contribution in [1.29, 1.82) is 0 Å². The lowest BCUT2D eigenvalue weighted by Crippen LogP contribution is -2.39. The topological polar surface area (TPSA) is 89.2 Å². The Bertz CT molecular complexity index is 904. The lowest BCUT2D eigenvalue weighted by Gasteiger charge is -2.22. The molecule has 1 atom stereocenters. The van der Waals surface area contributed by atoms with Gasteiger partial charge in [0.05, 0.1) is 25.3 Å². The van der Waals surface area contributed by atoms with E-state index in [1.807, 2.05) is 6.92 Å². The van der Waals surface area contributed by atoms with Crippen LogP contribution in [0.1, 0.15) is 47.2 Å². The predicted molar refractivity (Wildman–Crippen MR) is 97.4 cm³/mol. The maximum absolute atomic E-state index is 14.1. The summed E-state index contributed by atoms with van der Waals surface area (Å²) in [5.41, 5.74) is 0.328. The molecule has 0 radical (unpaired) electrons. The molecule has 0 spiro atoms. The first kappa shape index (κ1) is 19.5. The molecule has 0 unspecified atom stereocenters.